The van der Waals surface area contributed by atoms with Crippen molar-refractivity contribution in [3.63, 3.8) is 0 Å². The zero-order valence-electron chi connectivity index (χ0n) is 26.0. The van der Waals surface area contributed by atoms with Gasteiger partial charge >= 0.3 is 12.1 Å². The van der Waals surface area contributed by atoms with Gasteiger partial charge < -0.3 is 10.0 Å². The third kappa shape index (κ3) is 6.89. The summed E-state index contributed by atoms with van der Waals surface area (Å²) >= 11 is 0. The molecule has 1 saturated heterocycles. The van der Waals surface area contributed by atoms with Gasteiger partial charge in [-0.15, -0.1) is 0 Å². The Labute approximate surface area is 254 Å². The van der Waals surface area contributed by atoms with Gasteiger partial charge in [-0.25, -0.2) is 4.39 Å². The molecular formula is C35H51F6NO. The van der Waals surface area contributed by atoms with Crippen molar-refractivity contribution >= 4 is 0 Å². The van der Waals surface area contributed by atoms with Gasteiger partial charge in [0.05, 0.1) is 0 Å². The highest BCUT2D eigenvalue weighted by atomic mass is 19.4. The van der Waals surface area contributed by atoms with Gasteiger partial charge in [-0.1, -0.05) is 45.6 Å². The molecule has 3 fully saturated rings. The smallest absolute Gasteiger partial charge is 0.453 e. The predicted molar refractivity (Wildman–Crippen MR) is 158 cm³/mol. The fourth-order valence-corrected chi connectivity index (χ4v) is 9.77. The largest absolute Gasteiger partial charge is 0.508 e. The lowest BCUT2D eigenvalue weighted by Gasteiger charge is -2.55. The summed E-state index contributed by atoms with van der Waals surface area (Å²) in [6.07, 6.45) is 4.90. The van der Waals surface area contributed by atoms with Crippen LogP contribution in [0.1, 0.15) is 121 Å². The Hall–Kier alpha value is -1.44. The summed E-state index contributed by atoms with van der Waals surface area (Å²) in [6.45, 7) is 6.68. The molecule has 0 spiro atoms. The Morgan fingerprint density at radius 1 is 0.953 bits per heavy atom. The summed E-state index contributed by atoms with van der Waals surface area (Å²) in [6, 6.07) is 5.98. The van der Waals surface area contributed by atoms with E-state index in [1.807, 2.05) is 12.1 Å². The lowest BCUT2D eigenvalue weighted by molar-refractivity contribution is -0.284. The van der Waals surface area contributed by atoms with E-state index in [4.69, 9.17) is 0 Å². The van der Waals surface area contributed by atoms with E-state index in [9.17, 15) is 27.1 Å². The second-order valence-electron chi connectivity index (χ2n) is 14.7. The van der Waals surface area contributed by atoms with Crippen LogP contribution in [-0.4, -0.2) is 47.4 Å². The lowest BCUT2D eigenvalue weighted by atomic mass is 9.50. The molecule has 2 nitrogen and oxygen atoms in total. The highest BCUT2D eigenvalue weighted by molar-refractivity contribution is 5.41. The van der Waals surface area contributed by atoms with E-state index >= 15 is 4.39 Å². The van der Waals surface area contributed by atoms with Crippen LogP contribution in [0.15, 0.2) is 18.2 Å². The molecular weight excluding hydrogens is 564 g/mol. The molecule has 0 radical (unpaired) electrons. The predicted octanol–water partition coefficient (Wildman–Crippen LogP) is 10.2. The van der Waals surface area contributed by atoms with Crippen LogP contribution in [0, 0.1) is 29.1 Å². The van der Waals surface area contributed by atoms with E-state index in [2.05, 4.69) is 18.7 Å². The van der Waals surface area contributed by atoms with Crippen LogP contribution in [0.3, 0.4) is 0 Å². The number of halogens is 6. The first kappa shape index (κ1) is 32.9. The number of phenolic OH excluding ortho intramolecular Hbond substituents is 1. The number of fused-ring (bicyclic) bond motifs is 5. The molecule has 0 bridgehead atoms. The van der Waals surface area contributed by atoms with Gasteiger partial charge in [-0.2, -0.15) is 22.0 Å². The average Bonchev–Trinajstić information content (AvgIpc) is 3.50. The second-order valence-corrected chi connectivity index (χ2v) is 14.7. The molecule has 5 rings (SSSR count). The first-order chi connectivity index (χ1) is 20.3. The number of alkyl halides is 6. The van der Waals surface area contributed by atoms with Crippen LogP contribution >= 0.6 is 0 Å². The monoisotopic (exact) mass is 615 g/mol. The van der Waals surface area contributed by atoms with E-state index in [0.29, 0.717) is 49.0 Å². The van der Waals surface area contributed by atoms with Crippen molar-refractivity contribution in [2.45, 2.75) is 140 Å². The van der Waals surface area contributed by atoms with Gasteiger partial charge in [0.25, 0.3) is 0 Å². The minimum atomic E-state index is -5.46. The van der Waals surface area contributed by atoms with Crippen LogP contribution in [0.5, 0.6) is 5.75 Å². The van der Waals surface area contributed by atoms with Crippen molar-refractivity contribution in [1.82, 2.24) is 4.90 Å². The number of likely N-dealkylation sites (tertiary alicyclic amines) is 1. The summed E-state index contributed by atoms with van der Waals surface area (Å²) in [5.74, 6) is -2.50. The van der Waals surface area contributed by atoms with Crippen LogP contribution in [0.25, 0.3) is 0 Å². The molecule has 3 aliphatic carbocycles. The molecule has 4 aliphatic rings. The van der Waals surface area contributed by atoms with Crippen LogP contribution < -0.4 is 0 Å². The standard InChI is InChI=1S/C35H51F6NO/c1-23-13-16-29-31-24(20-25-21-27(43)14-15-28(25)32(31)30(36)22-33(23,29)2)10-5-4-8-18-42-19-9-12-26(42)11-6-3-7-17-34(37,38)35(39,40)41/h14-15,21,23-24,26,29-32,43H,3-13,16-20,22H2,1-2H3/t23?,24-,26?,29?,30?,31?,32?,33?/m1/s1. The van der Waals surface area contributed by atoms with E-state index in [1.54, 1.807) is 6.07 Å². The first-order valence-corrected chi connectivity index (χ1v) is 17.0. The van der Waals surface area contributed by atoms with E-state index in [1.165, 1.54) is 12.8 Å². The summed E-state index contributed by atoms with van der Waals surface area (Å²) < 4.78 is 79.5. The molecule has 244 valence electrons. The van der Waals surface area contributed by atoms with E-state index in [-0.39, 0.29) is 23.5 Å². The fourth-order valence-electron chi connectivity index (χ4n) is 9.77. The number of unbranched alkanes of at least 4 members (excludes halogenated alkanes) is 4. The minimum Gasteiger partial charge on any atom is -0.508 e. The van der Waals surface area contributed by atoms with Crippen molar-refractivity contribution in [2.75, 3.05) is 13.1 Å². The molecule has 1 N–H and O–H groups in total. The van der Waals surface area contributed by atoms with Crippen LogP contribution in [0.2, 0.25) is 0 Å². The summed E-state index contributed by atoms with van der Waals surface area (Å²) in [5, 5.41) is 10.2. The Morgan fingerprint density at radius 2 is 1.70 bits per heavy atom. The molecule has 43 heavy (non-hydrogen) atoms. The molecule has 1 heterocycles. The Kier molecular flexibility index (Phi) is 10.0. The molecule has 0 amide bonds. The van der Waals surface area contributed by atoms with Gasteiger partial charge in [-0.05, 0) is 130 Å². The highest BCUT2D eigenvalue weighted by Crippen LogP contribution is 2.65. The Balaban J connectivity index is 1.10. The van der Waals surface area contributed by atoms with Crippen molar-refractivity contribution in [2.24, 2.45) is 29.1 Å². The number of hydrogen-bond donors (Lipinski definition) is 1. The van der Waals surface area contributed by atoms with Crippen molar-refractivity contribution in [1.29, 1.82) is 0 Å². The van der Waals surface area contributed by atoms with Crippen molar-refractivity contribution in [3.05, 3.63) is 29.3 Å². The molecule has 8 heteroatoms. The number of rotatable bonds is 12. The average molecular weight is 616 g/mol. The van der Waals surface area contributed by atoms with Gasteiger partial charge in [0, 0.05) is 18.4 Å². The zero-order valence-corrected chi connectivity index (χ0v) is 26.0. The molecule has 1 aromatic carbocycles. The SMILES string of the molecule is CC1CCC2C3C(c4ccc(O)cc4C[C@H]3CCCCCN3CCCC3CCCCCC(F)(F)C(F)(F)F)C(F)CC12C. The number of aromatic hydroxyl groups is 1. The van der Waals surface area contributed by atoms with E-state index < -0.39 is 24.7 Å². The van der Waals surface area contributed by atoms with Gasteiger partial charge in [0.2, 0.25) is 0 Å². The molecule has 8 atom stereocenters. The maximum Gasteiger partial charge on any atom is 0.453 e. The van der Waals surface area contributed by atoms with Crippen LogP contribution in [-0.2, 0) is 6.42 Å². The van der Waals surface area contributed by atoms with Crippen molar-refractivity contribution in [3.8, 4) is 5.75 Å². The topological polar surface area (TPSA) is 23.5 Å². The van der Waals surface area contributed by atoms with Gasteiger partial charge in [-0.3, -0.25) is 0 Å². The summed E-state index contributed by atoms with van der Waals surface area (Å²) in [4.78, 5) is 2.49. The maximum absolute atomic E-state index is 16.1. The number of benzene rings is 1. The van der Waals surface area contributed by atoms with E-state index in [0.717, 1.165) is 75.6 Å². The number of nitrogens with zero attached hydrogens (tertiary/aromatic N) is 1. The molecule has 2 saturated carbocycles. The first-order valence-electron chi connectivity index (χ1n) is 17.0. The third-order valence-electron chi connectivity index (χ3n) is 12.3. The minimum absolute atomic E-state index is 0.0667. The zero-order chi connectivity index (χ0) is 31.0. The second kappa shape index (κ2) is 13.1. The normalized spacial score (nSPS) is 34.7. The third-order valence-corrected chi connectivity index (χ3v) is 12.3. The molecule has 1 aliphatic heterocycles. The number of phenols is 1. The van der Waals surface area contributed by atoms with Crippen molar-refractivity contribution < 1.29 is 31.4 Å². The van der Waals surface area contributed by atoms with Crippen LogP contribution in [0.4, 0.5) is 26.3 Å². The molecule has 0 aromatic heterocycles. The summed E-state index contributed by atoms with van der Waals surface area (Å²) in [5.41, 5.74) is 2.32. The lowest BCUT2D eigenvalue weighted by Crippen LogP contribution is -2.50. The fraction of sp³-hybridized carbons (Fsp3) is 0.829. The Bertz CT molecular complexity index is 1080. The maximum atomic E-state index is 16.1. The van der Waals surface area contributed by atoms with Gasteiger partial charge in [0.1, 0.15) is 11.9 Å². The highest BCUT2D eigenvalue weighted by Gasteiger charge is 2.59. The summed E-state index contributed by atoms with van der Waals surface area (Å²) in [7, 11) is 0. The number of hydrogen-bond acceptors (Lipinski definition) is 2. The molecule has 7 unspecified atom stereocenters. The Morgan fingerprint density at radius 3 is 2.47 bits per heavy atom. The van der Waals surface area contributed by atoms with Gasteiger partial charge in [0.15, 0.2) is 0 Å². The quantitative estimate of drug-likeness (QED) is 0.187. The molecule has 1 aromatic rings.